The number of carbonyl (C=O) groups is 2. The quantitative estimate of drug-likeness (QED) is 0.459. The van der Waals surface area contributed by atoms with Gasteiger partial charge in [0, 0.05) is 13.0 Å². The van der Waals surface area contributed by atoms with Crippen molar-refractivity contribution in [2.75, 3.05) is 6.54 Å². The average Bonchev–Trinajstić information content (AvgIpc) is 3.01. The molecule has 2 rings (SSSR count). The lowest BCUT2D eigenvalue weighted by Gasteiger charge is -2.27. The molecule has 0 spiro atoms. The van der Waals surface area contributed by atoms with E-state index in [9.17, 15) is 14.7 Å². The molecule has 2 atom stereocenters. The van der Waals surface area contributed by atoms with Crippen molar-refractivity contribution in [3.8, 4) is 0 Å². The summed E-state index contributed by atoms with van der Waals surface area (Å²) in [6.45, 7) is 2.91. The van der Waals surface area contributed by atoms with Gasteiger partial charge in [0.05, 0.1) is 12.0 Å². The van der Waals surface area contributed by atoms with Crippen LogP contribution in [0.2, 0.25) is 0 Å². The topological polar surface area (TPSA) is 57.6 Å². The van der Waals surface area contributed by atoms with E-state index in [1.54, 1.807) is 4.90 Å². The molecule has 150 valence electrons. The minimum absolute atomic E-state index is 0.0211. The van der Waals surface area contributed by atoms with Gasteiger partial charge in [-0.15, -0.1) is 0 Å². The van der Waals surface area contributed by atoms with Gasteiger partial charge in [-0.05, 0) is 12.0 Å². The van der Waals surface area contributed by atoms with Crippen LogP contribution in [-0.2, 0) is 9.59 Å². The molecule has 1 aromatic rings. The van der Waals surface area contributed by atoms with Crippen LogP contribution in [0.5, 0.6) is 0 Å². The van der Waals surface area contributed by atoms with Gasteiger partial charge in [-0.3, -0.25) is 9.59 Å². The highest BCUT2D eigenvalue weighted by molar-refractivity contribution is 5.87. The fourth-order valence-corrected chi connectivity index (χ4v) is 4.11. The Morgan fingerprint density at radius 2 is 1.52 bits per heavy atom. The SMILES string of the molecule is CCCCCCCCCCCCN1C(=O)C[C@H](C(=O)O)[C@H]1c1ccccc1. The zero-order valence-electron chi connectivity index (χ0n) is 16.7. The van der Waals surface area contributed by atoms with Crippen LogP contribution in [0.1, 0.15) is 89.2 Å². The molecule has 1 heterocycles. The number of rotatable bonds is 13. The third-order valence-electron chi connectivity index (χ3n) is 5.64. The highest BCUT2D eigenvalue weighted by Crippen LogP contribution is 2.38. The van der Waals surface area contributed by atoms with Crippen LogP contribution in [-0.4, -0.2) is 28.4 Å². The number of hydrogen-bond acceptors (Lipinski definition) is 2. The minimum atomic E-state index is -0.872. The van der Waals surface area contributed by atoms with E-state index >= 15 is 0 Å². The standard InChI is InChI=1S/C23H35NO3/c1-2-3-4-5-6-7-8-9-10-14-17-24-21(25)18-20(23(26)27)22(24)19-15-12-11-13-16-19/h11-13,15-16,20,22H,2-10,14,17-18H2,1H3,(H,26,27)/t20-,22+/m0/s1. The molecular formula is C23H35NO3. The number of likely N-dealkylation sites (tertiary alicyclic amines) is 1. The van der Waals surface area contributed by atoms with Crippen molar-refractivity contribution < 1.29 is 14.7 Å². The predicted octanol–water partition coefficient (Wildman–Crippen LogP) is 5.58. The number of hydrogen-bond donors (Lipinski definition) is 1. The molecule has 1 aromatic carbocycles. The lowest BCUT2D eigenvalue weighted by atomic mass is 9.93. The van der Waals surface area contributed by atoms with E-state index in [1.807, 2.05) is 30.3 Å². The lowest BCUT2D eigenvalue weighted by Crippen LogP contribution is -2.31. The zero-order valence-corrected chi connectivity index (χ0v) is 16.7. The first-order valence-corrected chi connectivity index (χ1v) is 10.7. The van der Waals surface area contributed by atoms with Gasteiger partial charge in [-0.2, -0.15) is 0 Å². The van der Waals surface area contributed by atoms with Crippen LogP contribution in [0.3, 0.4) is 0 Å². The number of unbranched alkanes of at least 4 members (excludes halogenated alkanes) is 9. The zero-order chi connectivity index (χ0) is 19.5. The normalized spacial score (nSPS) is 19.6. The smallest absolute Gasteiger partial charge is 0.309 e. The molecule has 0 saturated carbocycles. The van der Waals surface area contributed by atoms with E-state index in [4.69, 9.17) is 0 Å². The summed E-state index contributed by atoms with van der Waals surface area (Å²) in [6, 6.07) is 9.29. The molecular weight excluding hydrogens is 338 g/mol. The van der Waals surface area contributed by atoms with Gasteiger partial charge in [-0.1, -0.05) is 95.0 Å². The number of carboxylic acid groups (broad SMARTS) is 1. The van der Waals surface area contributed by atoms with Gasteiger partial charge in [0.2, 0.25) is 5.91 Å². The van der Waals surface area contributed by atoms with Gasteiger partial charge in [0.1, 0.15) is 0 Å². The summed E-state index contributed by atoms with van der Waals surface area (Å²) in [5.74, 6) is -1.53. The molecule has 1 saturated heterocycles. The maximum absolute atomic E-state index is 12.4. The van der Waals surface area contributed by atoms with E-state index < -0.39 is 11.9 Å². The second kappa shape index (κ2) is 11.8. The van der Waals surface area contributed by atoms with E-state index in [0.29, 0.717) is 6.54 Å². The first-order chi connectivity index (χ1) is 13.1. The fourth-order valence-electron chi connectivity index (χ4n) is 4.11. The molecule has 1 fully saturated rings. The summed E-state index contributed by atoms with van der Waals surface area (Å²) < 4.78 is 0. The van der Waals surface area contributed by atoms with Crippen molar-refractivity contribution in [3.63, 3.8) is 0 Å². The van der Waals surface area contributed by atoms with E-state index in [-0.39, 0.29) is 18.4 Å². The van der Waals surface area contributed by atoms with Crippen LogP contribution in [0, 0.1) is 5.92 Å². The Hall–Kier alpha value is -1.84. The summed E-state index contributed by atoms with van der Waals surface area (Å²) in [5.41, 5.74) is 0.933. The van der Waals surface area contributed by atoms with Crippen LogP contribution in [0.4, 0.5) is 0 Å². The largest absolute Gasteiger partial charge is 0.481 e. The summed E-state index contributed by atoms with van der Waals surface area (Å²) in [4.78, 5) is 25.9. The Balaban J connectivity index is 1.75. The highest BCUT2D eigenvalue weighted by Gasteiger charge is 2.44. The summed E-state index contributed by atoms with van der Waals surface area (Å²) in [5, 5.41) is 9.55. The third-order valence-corrected chi connectivity index (χ3v) is 5.64. The second-order valence-electron chi connectivity index (χ2n) is 7.77. The van der Waals surface area contributed by atoms with E-state index in [0.717, 1.165) is 18.4 Å². The summed E-state index contributed by atoms with van der Waals surface area (Å²) in [7, 11) is 0. The number of carbonyl (C=O) groups excluding carboxylic acids is 1. The summed E-state index contributed by atoms with van der Waals surface area (Å²) >= 11 is 0. The molecule has 27 heavy (non-hydrogen) atoms. The van der Waals surface area contributed by atoms with Crippen molar-refractivity contribution in [1.29, 1.82) is 0 Å². The lowest BCUT2D eigenvalue weighted by molar-refractivity contribution is -0.142. The number of carboxylic acids is 1. The first-order valence-electron chi connectivity index (χ1n) is 10.7. The second-order valence-corrected chi connectivity index (χ2v) is 7.77. The van der Waals surface area contributed by atoms with Crippen molar-refractivity contribution in [3.05, 3.63) is 35.9 Å². The van der Waals surface area contributed by atoms with Crippen molar-refractivity contribution in [2.45, 2.75) is 83.6 Å². The Kier molecular flexibility index (Phi) is 9.37. The van der Waals surface area contributed by atoms with Crippen LogP contribution in [0.25, 0.3) is 0 Å². The number of aliphatic carboxylic acids is 1. The van der Waals surface area contributed by atoms with Gasteiger partial charge in [-0.25, -0.2) is 0 Å². The number of nitrogens with zero attached hydrogens (tertiary/aromatic N) is 1. The minimum Gasteiger partial charge on any atom is -0.481 e. The maximum atomic E-state index is 12.4. The molecule has 4 nitrogen and oxygen atoms in total. The average molecular weight is 374 g/mol. The van der Waals surface area contributed by atoms with Crippen molar-refractivity contribution >= 4 is 11.9 Å². The number of amides is 1. The molecule has 4 heteroatoms. The molecule has 1 aliphatic heterocycles. The van der Waals surface area contributed by atoms with Crippen molar-refractivity contribution in [1.82, 2.24) is 4.90 Å². The van der Waals surface area contributed by atoms with Crippen LogP contribution in [0.15, 0.2) is 30.3 Å². The molecule has 1 amide bonds. The van der Waals surface area contributed by atoms with Gasteiger partial charge in [0.15, 0.2) is 0 Å². The fraction of sp³-hybridized carbons (Fsp3) is 0.652. The maximum Gasteiger partial charge on any atom is 0.309 e. The predicted molar refractivity (Wildman–Crippen MR) is 108 cm³/mol. The van der Waals surface area contributed by atoms with Crippen LogP contribution < -0.4 is 0 Å². The molecule has 0 bridgehead atoms. The Morgan fingerprint density at radius 3 is 2.07 bits per heavy atom. The molecule has 0 unspecified atom stereocenters. The summed E-state index contributed by atoms with van der Waals surface area (Å²) in [6.07, 6.45) is 12.6. The van der Waals surface area contributed by atoms with Gasteiger partial charge in [0.25, 0.3) is 0 Å². The van der Waals surface area contributed by atoms with Gasteiger partial charge < -0.3 is 10.0 Å². The Bertz CT molecular complexity index is 572. The molecule has 1 aliphatic rings. The number of benzene rings is 1. The first kappa shape index (κ1) is 21.5. The van der Waals surface area contributed by atoms with E-state index in [2.05, 4.69) is 6.92 Å². The monoisotopic (exact) mass is 373 g/mol. The third kappa shape index (κ3) is 6.67. The van der Waals surface area contributed by atoms with E-state index in [1.165, 1.54) is 51.4 Å². The Labute approximate surface area is 164 Å². The molecule has 0 aromatic heterocycles. The molecule has 1 N–H and O–H groups in total. The van der Waals surface area contributed by atoms with Crippen LogP contribution >= 0.6 is 0 Å². The van der Waals surface area contributed by atoms with Gasteiger partial charge >= 0.3 is 5.97 Å². The Morgan fingerprint density at radius 1 is 0.963 bits per heavy atom. The van der Waals surface area contributed by atoms with Crippen molar-refractivity contribution in [2.24, 2.45) is 5.92 Å². The molecule has 0 radical (unpaired) electrons. The highest BCUT2D eigenvalue weighted by atomic mass is 16.4. The molecule has 0 aliphatic carbocycles.